The number of rotatable bonds is 5. The first-order valence-electron chi connectivity index (χ1n) is 10.0. The molecular weight excluding hydrogens is 432 g/mol. The number of nitrogens with one attached hydrogen (secondary N) is 1. The van der Waals surface area contributed by atoms with Gasteiger partial charge in [-0.05, 0) is 19.1 Å². The number of benzene rings is 3. The molecule has 1 unspecified atom stereocenters. The standard InChI is InChI=1S/C25H17F2NO5/c1-13(15-10-9-14(26)11-20(15)27)28-21(29)12-33-25(32)19-8-4-7-18-22(19)24(31)17-6-3-2-5-16(17)23(18)30/h2-11,13H,12H2,1H3,(H,28,29). The molecule has 0 aliphatic heterocycles. The Kier molecular flexibility index (Phi) is 5.83. The van der Waals surface area contributed by atoms with Gasteiger partial charge in [0.2, 0.25) is 0 Å². The Morgan fingerprint density at radius 2 is 1.58 bits per heavy atom. The molecule has 0 fully saturated rings. The van der Waals surface area contributed by atoms with E-state index in [1.54, 1.807) is 18.2 Å². The van der Waals surface area contributed by atoms with Crippen molar-refractivity contribution < 1.29 is 32.7 Å². The molecule has 3 aromatic rings. The van der Waals surface area contributed by atoms with Gasteiger partial charge in [-0.3, -0.25) is 14.4 Å². The first-order chi connectivity index (χ1) is 15.8. The summed E-state index contributed by atoms with van der Waals surface area (Å²) in [5.41, 5.74) is 0.373. The maximum absolute atomic E-state index is 13.9. The number of halogens is 2. The quantitative estimate of drug-likeness (QED) is 0.469. The fraction of sp³-hybridized carbons (Fsp3) is 0.120. The highest BCUT2D eigenvalue weighted by molar-refractivity contribution is 6.30. The molecule has 1 atom stereocenters. The number of hydrogen-bond donors (Lipinski definition) is 1. The van der Waals surface area contributed by atoms with Crippen molar-refractivity contribution in [3.63, 3.8) is 0 Å². The second kappa shape index (κ2) is 8.74. The van der Waals surface area contributed by atoms with Gasteiger partial charge in [0.15, 0.2) is 18.2 Å². The highest BCUT2D eigenvalue weighted by Gasteiger charge is 2.33. The first-order valence-corrected chi connectivity index (χ1v) is 10.0. The molecule has 4 rings (SSSR count). The van der Waals surface area contributed by atoms with Gasteiger partial charge in [-0.2, -0.15) is 0 Å². The fourth-order valence-electron chi connectivity index (χ4n) is 3.74. The second-order valence-electron chi connectivity index (χ2n) is 7.46. The van der Waals surface area contributed by atoms with E-state index in [2.05, 4.69) is 5.32 Å². The number of ether oxygens (including phenoxy) is 1. The van der Waals surface area contributed by atoms with Crippen molar-refractivity contribution in [2.45, 2.75) is 13.0 Å². The van der Waals surface area contributed by atoms with E-state index >= 15 is 0 Å². The molecule has 1 aliphatic rings. The van der Waals surface area contributed by atoms with Gasteiger partial charge in [-0.15, -0.1) is 0 Å². The zero-order valence-corrected chi connectivity index (χ0v) is 17.4. The Balaban J connectivity index is 1.48. The van der Waals surface area contributed by atoms with Crippen molar-refractivity contribution in [3.05, 3.63) is 106 Å². The van der Waals surface area contributed by atoms with Crippen LogP contribution in [0.4, 0.5) is 8.78 Å². The number of amides is 1. The Hall–Kier alpha value is -4.20. The fourth-order valence-corrected chi connectivity index (χ4v) is 3.74. The van der Waals surface area contributed by atoms with Gasteiger partial charge in [0.1, 0.15) is 11.6 Å². The normalized spacial score (nSPS) is 13.1. The summed E-state index contributed by atoms with van der Waals surface area (Å²) < 4.78 is 32.0. The molecule has 1 N–H and O–H groups in total. The predicted octanol–water partition coefficient (Wildman–Crippen LogP) is 3.77. The summed E-state index contributed by atoms with van der Waals surface area (Å²) in [5.74, 6) is -4.12. The SMILES string of the molecule is CC(NC(=O)COC(=O)c1cccc2c1C(=O)c1ccccc1C2=O)c1ccc(F)cc1F. The van der Waals surface area contributed by atoms with Crippen molar-refractivity contribution in [2.75, 3.05) is 6.61 Å². The van der Waals surface area contributed by atoms with Gasteiger partial charge in [-0.1, -0.05) is 42.5 Å². The molecule has 0 spiro atoms. The monoisotopic (exact) mass is 449 g/mol. The van der Waals surface area contributed by atoms with Crippen LogP contribution in [0.15, 0.2) is 60.7 Å². The lowest BCUT2D eigenvalue weighted by molar-refractivity contribution is -0.124. The Labute approximate surface area is 187 Å². The molecule has 1 aliphatic carbocycles. The summed E-state index contributed by atoms with van der Waals surface area (Å²) in [6.45, 7) is 0.791. The van der Waals surface area contributed by atoms with Crippen LogP contribution in [-0.4, -0.2) is 30.0 Å². The van der Waals surface area contributed by atoms with Crippen LogP contribution >= 0.6 is 0 Å². The lowest BCUT2D eigenvalue weighted by Crippen LogP contribution is -2.32. The second-order valence-corrected chi connectivity index (χ2v) is 7.46. The van der Waals surface area contributed by atoms with E-state index in [1.807, 2.05) is 0 Å². The van der Waals surface area contributed by atoms with E-state index in [0.717, 1.165) is 6.07 Å². The van der Waals surface area contributed by atoms with Gasteiger partial charge in [0, 0.05) is 33.9 Å². The van der Waals surface area contributed by atoms with Gasteiger partial charge in [0.05, 0.1) is 11.6 Å². The molecule has 0 heterocycles. The van der Waals surface area contributed by atoms with E-state index in [4.69, 9.17) is 4.74 Å². The largest absolute Gasteiger partial charge is 0.452 e. The molecule has 1 amide bonds. The van der Waals surface area contributed by atoms with Crippen LogP contribution in [-0.2, 0) is 9.53 Å². The first kappa shape index (κ1) is 22.0. The lowest BCUT2D eigenvalue weighted by Gasteiger charge is -2.19. The van der Waals surface area contributed by atoms with Crippen LogP contribution in [0.25, 0.3) is 0 Å². The molecule has 0 bridgehead atoms. The van der Waals surface area contributed by atoms with E-state index < -0.39 is 41.9 Å². The molecule has 3 aromatic carbocycles. The van der Waals surface area contributed by atoms with Crippen molar-refractivity contribution >= 4 is 23.4 Å². The van der Waals surface area contributed by atoms with E-state index in [-0.39, 0.29) is 39.2 Å². The summed E-state index contributed by atoms with van der Waals surface area (Å²) in [6.07, 6.45) is 0. The maximum Gasteiger partial charge on any atom is 0.339 e. The van der Waals surface area contributed by atoms with Crippen molar-refractivity contribution in [1.29, 1.82) is 0 Å². The molecule has 0 radical (unpaired) electrons. The zero-order chi connectivity index (χ0) is 23.7. The minimum Gasteiger partial charge on any atom is -0.452 e. The van der Waals surface area contributed by atoms with Gasteiger partial charge < -0.3 is 10.1 Å². The Morgan fingerprint density at radius 1 is 0.909 bits per heavy atom. The molecule has 8 heteroatoms. The Morgan fingerprint density at radius 3 is 2.27 bits per heavy atom. The van der Waals surface area contributed by atoms with Gasteiger partial charge in [0.25, 0.3) is 5.91 Å². The summed E-state index contributed by atoms with van der Waals surface area (Å²) in [5, 5.41) is 2.45. The van der Waals surface area contributed by atoms with Crippen LogP contribution in [0, 0.1) is 11.6 Å². The molecular formula is C25H17F2NO5. The van der Waals surface area contributed by atoms with E-state index in [9.17, 15) is 28.0 Å². The van der Waals surface area contributed by atoms with Crippen LogP contribution in [0.1, 0.15) is 60.7 Å². The Bertz CT molecular complexity index is 1320. The third-order valence-electron chi connectivity index (χ3n) is 5.31. The van der Waals surface area contributed by atoms with Crippen LogP contribution in [0.5, 0.6) is 0 Å². The summed E-state index contributed by atoms with van der Waals surface area (Å²) in [6, 6.07) is 12.7. The minimum atomic E-state index is -0.955. The third-order valence-corrected chi connectivity index (χ3v) is 5.31. The lowest BCUT2D eigenvalue weighted by atomic mass is 9.82. The zero-order valence-electron chi connectivity index (χ0n) is 17.4. The summed E-state index contributed by atoms with van der Waals surface area (Å²) in [7, 11) is 0. The average Bonchev–Trinajstić information content (AvgIpc) is 2.80. The van der Waals surface area contributed by atoms with Gasteiger partial charge >= 0.3 is 5.97 Å². The smallest absolute Gasteiger partial charge is 0.339 e. The number of carbonyl (C=O) groups excluding carboxylic acids is 4. The minimum absolute atomic E-state index is 0.0657. The van der Waals surface area contributed by atoms with E-state index in [0.29, 0.717) is 6.07 Å². The van der Waals surface area contributed by atoms with Crippen LogP contribution < -0.4 is 5.32 Å². The van der Waals surface area contributed by atoms with Crippen LogP contribution in [0.2, 0.25) is 0 Å². The highest BCUT2D eigenvalue weighted by Crippen LogP contribution is 2.29. The van der Waals surface area contributed by atoms with E-state index in [1.165, 1.54) is 37.3 Å². The molecule has 33 heavy (non-hydrogen) atoms. The van der Waals surface area contributed by atoms with Gasteiger partial charge in [-0.25, -0.2) is 13.6 Å². The summed E-state index contributed by atoms with van der Waals surface area (Å²) >= 11 is 0. The predicted molar refractivity (Wildman–Crippen MR) is 113 cm³/mol. The van der Waals surface area contributed by atoms with Crippen molar-refractivity contribution in [2.24, 2.45) is 0 Å². The molecule has 166 valence electrons. The maximum atomic E-state index is 13.9. The van der Waals surface area contributed by atoms with Crippen molar-refractivity contribution in [3.8, 4) is 0 Å². The molecule has 0 saturated heterocycles. The molecule has 0 aromatic heterocycles. The van der Waals surface area contributed by atoms with Crippen LogP contribution in [0.3, 0.4) is 0 Å². The number of carbonyl (C=O) groups is 4. The molecule has 6 nitrogen and oxygen atoms in total. The average molecular weight is 449 g/mol. The highest BCUT2D eigenvalue weighted by atomic mass is 19.1. The number of fused-ring (bicyclic) bond motifs is 2. The topological polar surface area (TPSA) is 89.5 Å². The van der Waals surface area contributed by atoms with Crippen molar-refractivity contribution in [1.82, 2.24) is 5.32 Å². The summed E-state index contributed by atoms with van der Waals surface area (Å²) in [4.78, 5) is 50.6. The number of ketones is 2. The number of esters is 1. The number of hydrogen-bond acceptors (Lipinski definition) is 5. The third kappa shape index (κ3) is 4.15. The molecule has 0 saturated carbocycles.